The van der Waals surface area contributed by atoms with Crippen LogP contribution in [0.25, 0.3) is 27.2 Å². The third-order valence-electron chi connectivity index (χ3n) is 5.20. The van der Waals surface area contributed by atoms with Crippen LogP contribution in [-0.2, 0) is 0 Å². The Labute approximate surface area is 176 Å². The summed E-state index contributed by atoms with van der Waals surface area (Å²) in [4.78, 5) is 31.6. The van der Waals surface area contributed by atoms with Crippen LogP contribution in [0.2, 0.25) is 0 Å². The average molecular weight is 407 g/mol. The molecule has 0 saturated heterocycles. The van der Waals surface area contributed by atoms with Crippen molar-refractivity contribution in [3.05, 3.63) is 111 Å². The SMILES string of the molecule is O=c1[nH]c(=O)n(-c2cccc3ccccc23)c(O)c1C=Nc1ccc2ccccc2c1. The fraction of sp³-hybridized carbons (Fsp3) is 0. The number of aliphatic imine (C=N–C) groups is 1. The largest absolute Gasteiger partial charge is 0.493 e. The molecule has 0 aliphatic carbocycles. The van der Waals surface area contributed by atoms with Gasteiger partial charge in [0.2, 0.25) is 5.88 Å². The highest BCUT2D eigenvalue weighted by atomic mass is 16.3. The van der Waals surface area contributed by atoms with Crippen molar-refractivity contribution in [1.82, 2.24) is 9.55 Å². The lowest BCUT2D eigenvalue weighted by atomic mass is 10.1. The molecule has 6 heteroatoms. The number of aromatic hydroxyl groups is 1. The number of nitrogens with one attached hydrogen (secondary N) is 1. The quantitative estimate of drug-likeness (QED) is 0.438. The van der Waals surface area contributed by atoms with Crippen molar-refractivity contribution in [2.45, 2.75) is 0 Å². The number of hydrogen-bond donors (Lipinski definition) is 2. The molecule has 150 valence electrons. The molecule has 31 heavy (non-hydrogen) atoms. The second-order valence-electron chi connectivity index (χ2n) is 7.12. The zero-order valence-corrected chi connectivity index (χ0v) is 16.3. The minimum absolute atomic E-state index is 0.0966. The maximum absolute atomic E-state index is 12.6. The molecule has 0 aliphatic heterocycles. The van der Waals surface area contributed by atoms with E-state index in [0.29, 0.717) is 11.4 Å². The number of nitrogens with zero attached hydrogens (tertiary/aromatic N) is 2. The molecule has 1 aromatic heterocycles. The topological polar surface area (TPSA) is 87.5 Å². The first-order valence-electron chi connectivity index (χ1n) is 9.71. The molecular formula is C25H17N3O3. The Bertz CT molecular complexity index is 1590. The van der Waals surface area contributed by atoms with E-state index in [2.05, 4.69) is 9.98 Å². The summed E-state index contributed by atoms with van der Waals surface area (Å²) in [6, 6.07) is 26.4. The molecule has 0 fully saturated rings. The minimum Gasteiger partial charge on any atom is -0.493 e. The maximum Gasteiger partial charge on any atom is 0.335 e. The van der Waals surface area contributed by atoms with E-state index < -0.39 is 17.1 Å². The van der Waals surface area contributed by atoms with Gasteiger partial charge in [-0.3, -0.25) is 14.8 Å². The van der Waals surface area contributed by atoms with E-state index in [1.807, 2.05) is 72.8 Å². The number of rotatable bonds is 3. The first-order chi connectivity index (χ1) is 15.1. The lowest BCUT2D eigenvalue weighted by Gasteiger charge is -2.12. The van der Waals surface area contributed by atoms with E-state index in [9.17, 15) is 14.7 Å². The molecular weight excluding hydrogens is 390 g/mol. The molecule has 0 saturated carbocycles. The maximum atomic E-state index is 12.6. The van der Waals surface area contributed by atoms with E-state index in [1.165, 1.54) is 6.21 Å². The zero-order chi connectivity index (χ0) is 21.4. The van der Waals surface area contributed by atoms with Gasteiger partial charge in [-0.1, -0.05) is 66.7 Å². The van der Waals surface area contributed by atoms with E-state index in [-0.39, 0.29) is 5.56 Å². The highest BCUT2D eigenvalue weighted by Crippen LogP contribution is 2.25. The second kappa shape index (κ2) is 7.42. The summed E-state index contributed by atoms with van der Waals surface area (Å²) in [5.74, 6) is -0.463. The molecule has 0 amide bonds. The first kappa shape index (κ1) is 18.6. The summed E-state index contributed by atoms with van der Waals surface area (Å²) < 4.78 is 1.09. The minimum atomic E-state index is -0.721. The van der Waals surface area contributed by atoms with Crippen LogP contribution in [0.4, 0.5) is 5.69 Å². The van der Waals surface area contributed by atoms with Gasteiger partial charge in [-0.05, 0) is 34.4 Å². The summed E-state index contributed by atoms with van der Waals surface area (Å²) in [6.45, 7) is 0. The van der Waals surface area contributed by atoms with Crippen LogP contribution in [0.3, 0.4) is 0 Å². The van der Waals surface area contributed by atoms with Crippen LogP contribution in [0, 0.1) is 0 Å². The van der Waals surface area contributed by atoms with Crippen molar-refractivity contribution in [2.24, 2.45) is 4.99 Å². The Kier molecular flexibility index (Phi) is 4.45. The zero-order valence-electron chi connectivity index (χ0n) is 16.3. The molecule has 0 atom stereocenters. The molecule has 0 spiro atoms. The van der Waals surface area contributed by atoms with Gasteiger partial charge in [-0.2, -0.15) is 0 Å². The summed E-state index contributed by atoms with van der Waals surface area (Å²) >= 11 is 0. The number of H-pyrrole nitrogens is 1. The molecule has 0 unspecified atom stereocenters. The molecule has 1 heterocycles. The Morgan fingerprint density at radius 1 is 0.806 bits per heavy atom. The molecule has 0 radical (unpaired) electrons. The lowest BCUT2D eigenvalue weighted by Crippen LogP contribution is -2.31. The van der Waals surface area contributed by atoms with Gasteiger partial charge in [-0.25, -0.2) is 9.36 Å². The smallest absolute Gasteiger partial charge is 0.335 e. The van der Waals surface area contributed by atoms with Crippen LogP contribution >= 0.6 is 0 Å². The van der Waals surface area contributed by atoms with E-state index in [1.54, 1.807) is 12.1 Å². The van der Waals surface area contributed by atoms with Gasteiger partial charge in [-0.15, -0.1) is 0 Å². The van der Waals surface area contributed by atoms with E-state index in [0.717, 1.165) is 26.1 Å². The van der Waals surface area contributed by atoms with Crippen molar-refractivity contribution in [1.29, 1.82) is 0 Å². The van der Waals surface area contributed by atoms with Gasteiger partial charge >= 0.3 is 5.69 Å². The summed E-state index contributed by atoms with van der Waals surface area (Å²) in [5.41, 5.74) is -0.427. The number of aromatic amines is 1. The summed E-state index contributed by atoms with van der Waals surface area (Å²) in [5, 5.41) is 14.6. The monoisotopic (exact) mass is 407 g/mol. The van der Waals surface area contributed by atoms with Gasteiger partial charge in [0.15, 0.2) is 0 Å². The van der Waals surface area contributed by atoms with Gasteiger partial charge in [0, 0.05) is 11.6 Å². The first-order valence-corrected chi connectivity index (χ1v) is 9.71. The fourth-order valence-corrected chi connectivity index (χ4v) is 3.68. The third-order valence-corrected chi connectivity index (χ3v) is 5.20. The molecule has 0 bridgehead atoms. The third kappa shape index (κ3) is 3.30. The summed E-state index contributed by atoms with van der Waals surface area (Å²) in [7, 11) is 0. The molecule has 5 aromatic rings. The lowest BCUT2D eigenvalue weighted by molar-refractivity contribution is 0.430. The van der Waals surface area contributed by atoms with Gasteiger partial charge in [0.05, 0.1) is 11.4 Å². The van der Waals surface area contributed by atoms with E-state index >= 15 is 0 Å². The Balaban J connectivity index is 1.65. The molecule has 2 N–H and O–H groups in total. The van der Waals surface area contributed by atoms with Gasteiger partial charge in [0.1, 0.15) is 5.56 Å². The van der Waals surface area contributed by atoms with Crippen LogP contribution in [0.5, 0.6) is 5.88 Å². The van der Waals surface area contributed by atoms with E-state index in [4.69, 9.17) is 0 Å². The highest BCUT2D eigenvalue weighted by Gasteiger charge is 2.16. The van der Waals surface area contributed by atoms with Crippen molar-refractivity contribution in [3.8, 4) is 11.6 Å². The predicted octanol–water partition coefficient (Wildman–Crippen LogP) is 4.29. The number of fused-ring (bicyclic) bond motifs is 2. The highest BCUT2D eigenvalue weighted by molar-refractivity contribution is 5.91. The normalized spacial score (nSPS) is 11.5. The van der Waals surface area contributed by atoms with Crippen molar-refractivity contribution in [2.75, 3.05) is 0 Å². The van der Waals surface area contributed by atoms with Crippen molar-refractivity contribution < 1.29 is 5.11 Å². The Hall–Kier alpha value is -4.45. The standard InChI is InChI=1S/C25H17N3O3/c29-23-21(15-26-19-13-12-16-6-1-2-8-18(16)14-19)24(30)28(25(31)27-23)22-11-5-9-17-7-3-4-10-20(17)22/h1-15,30H,(H,27,29,31). The van der Waals surface area contributed by atoms with Crippen molar-refractivity contribution >= 4 is 33.4 Å². The Morgan fingerprint density at radius 3 is 2.35 bits per heavy atom. The van der Waals surface area contributed by atoms with Crippen molar-refractivity contribution in [3.63, 3.8) is 0 Å². The van der Waals surface area contributed by atoms with Crippen LogP contribution in [0.15, 0.2) is 99.5 Å². The molecule has 4 aromatic carbocycles. The van der Waals surface area contributed by atoms with Crippen LogP contribution in [-0.4, -0.2) is 20.9 Å². The number of benzene rings is 4. The van der Waals surface area contributed by atoms with Crippen LogP contribution in [0.1, 0.15) is 5.56 Å². The van der Waals surface area contributed by atoms with Gasteiger partial charge < -0.3 is 5.11 Å². The van der Waals surface area contributed by atoms with Gasteiger partial charge in [0.25, 0.3) is 5.56 Å². The number of aromatic nitrogens is 2. The number of hydrogen-bond acceptors (Lipinski definition) is 4. The molecule has 0 aliphatic rings. The molecule has 6 nitrogen and oxygen atoms in total. The predicted molar refractivity (Wildman–Crippen MR) is 123 cm³/mol. The second-order valence-corrected chi connectivity index (χ2v) is 7.12. The fourth-order valence-electron chi connectivity index (χ4n) is 3.68. The molecule has 5 rings (SSSR count). The average Bonchev–Trinajstić information content (AvgIpc) is 2.79. The van der Waals surface area contributed by atoms with Crippen LogP contribution < -0.4 is 11.2 Å². The summed E-state index contributed by atoms with van der Waals surface area (Å²) in [6.07, 6.45) is 1.28. The Morgan fingerprint density at radius 2 is 1.52 bits per heavy atom.